The first-order chi connectivity index (χ1) is 4.66. The van der Waals surface area contributed by atoms with Crippen molar-refractivity contribution in [2.45, 2.75) is 6.92 Å². The molecule has 0 radical (unpaired) electrons. The van der Waals surface area contributed by atoms with Crippen LogP contribution in [0.4, 0.5) is 4.79 Å². The van der Waals surface area contributed by atoms with E-state index in [4.69, 9.17) is 16.7 Å². The number of carbonyl (C=O) groups is 1. The van der Waals surface area contributed by atoms with E-state index < -0.39 is 6.16 Å². The van der Waals surface area contributed by atoms with E-state index in [1.165, 1.54) is 0 Å². The summed E-state index contributed by atoms with van der Waals surface area (Å²) in [7, 11) is 0. The van der Waals surface area contributed by atoms with Crippen LogP contribution in [0.3, 0.4) is 0 Å². The molecule has 0 aromatic rings. The Kier molecular flexibility index (Phi) is 4.49. The van der Waals surface area contributed by atoms with Crippen molar-refractivity contribution < 1.29 is 19.4 Å². The summed E-state index contributed by atoms with van der Waals surface area (Å²) >= 11 is 5.19. The Morgan fingerprint density at radius 2 is 2.40 bits per heavy atom. The van der Waals surface area contributed by atoms with Gasteiger partial charge in [-0.05, 0) is 18.5 Å². The molecule has 0 heterocycles. The van der Waals surface area contributed by atoms with Crippen LogP contribution in [-0.2, 0) is 9.47 Å². The maximum Gasteiger partial charge on any atom is 0.512 e. The summed E-state index contributed by atoms with van der Waals surface area (Å²) < 4.78 is 8.58. The Morgan fingerprint density at radius 3 is 2.80 bits per heavy atom. The van der Waals surface area contributed by atoms with E-state index in [0.717, 1.165) is 6.26 Å². The molecule has 0 rings (SSSR count). The van der Waals surface area contributed by atoms with Gasteiger partial charge in [0, 0.05) is 0 Å². The first-order valence-corrected chi connectivity index (χ1v) is 2.92. The fraction of sp³-hybridized carbons (Fsp3) is 0.400. The van der Waals surface area contributed by atoms with E-state index in [-0.39, 0.29) is 5.22 Å². The zero-order valence-electron chi connectivity index (χ0n) is 5.33. The Hall–Kier alpha value is -0.900. The van der Waals surface area contributed by atoms with E-state index in [0.29, 0.717) is 6.61 Å². The molecule has 0 amide bonds. The van der Waals surface area contributed by atoms with Crippen molar-refractivity contribution in [3.8, 4) is 0 Å². The predicted octanol–water partition coefficient (Wildman–Crippen LogP) is 1.76. The smallest absolute Gasteiger partial charge is 0.497 e. The second-order valence-corrected chi connectivity index (χ2v) is 1.62. The first-order valence-electron chi connectivity index (χ1n) is 2.55. The molecule has 5 heteroatoms. The molecule has 10 heavy (non-hydrogen) atoms. The predicted molar refractivity (Wildman–Crippen MR) is 34.7 cm³/mol. The molecule has 0 fully saturated rings. The quantitative estimate of drug-likeness (QED) is 0.513. The van der Waals surface area contributed by atoms with E-state index in [2.05, 4.69) is 9.47 Å². The van der Waals surface area contributed by atoms with Crippen molar-refractivity contribution >= 4 is 17.8 Å². The molecule has 0 aliphatic rings. The molecular weight excluding hydrogens is 160 g/mol. The molecule has 0 atom stereocenters. The van der Waals surface area contributed by atoms with Crippen LogP contribution in [0.5, 0.6) is 0 Å². The Morgan fingerprint density at radius 1 is 1.80 bits per heavy atom. The summed E-state index contributed by atoms with van der Waals surface area (Å²) in [6.45, 7) is 2.15. The first kappa shape index (κ1) is 9.10. The molecule has 0 saturated heterocycles. The lowest BCUT2D eigenvalue weighted by Gasteiger charge is -1.96. The fourth-order valence-electron chi connectivity index (χ4n) is 0.256. The van der Waals surface area contributed by atoms with Crippen molar-refractivity contribution in [1.82, 2.24) is 0 Å². The van der Waals surface area contributed by atoms with E-state index >= 15 is 0 Å². The van der Waals surface area contributed by atoms with Crippen molar-refractivity contribution in [3.05, 3.63) is 11.5 Å². The van der Waals surface area contributed by atoms with Crippen LogP contribution >= 0.6 is 11.6 Å². The van der Waals surface area contributed by atoms with Gasteiger partial charge in [-0.2, -0.15) is 0 Å². The summed E-state index contributed by atoms with van der Waals surface area (Å²) in [5, 5.41) is 7.68. The van der Waals surface area contributed by atoms with Crippen LogP contribution in [0, 0.1) is 0 Å². The zero-order valence-corrected chi connectivity index (χ0v) is 6.09. The molecule has 0 aliphatic carbocycles. The number of ether oxygens (including phenoxy) is 2. The summed E-state index contributed by atoms with van der Waals surface area (Å²) in [5.74, 6) is 0. The largest absolute Gasteiger partial charge is 0.512 e. The lowest BCUT2D eigenvalue weighted by Crippen LogP contribution is -1.96. The monoisotopic (exact) mass is 166 g/mol. The van der Waals surface area contributed by atoms with Gasteiger partial charge < -0.3 is 14.6 Å². The molecule has 0 aromatic heterocycles. The van der Waals surface area contributed by atoms with Gasteiger partial charge in [-0.25, -0.2) is 4.79 Å². The molecule has 58 valence electrons. The Labute approximate surface area is 63.0 Å². The molecule has 0 spiro atoms. The van der Waals surface area contributed by atoms with Crippen molar-refractivity contribution in [3.63, 3.8) is 0 Å². The lowest BCUT2D eigenvalue weighted by molar-refractivity contribution is 0.120. The Bertz CT molecular complexity index is 143. The average Bonchev–Trinajstić information content (AvgIpc) is 1.82. The lowest BCUT2D eigenvalue weighted by atomic mass is 10.9. The van der Waals surface area contributed by atoms with E-state index in [1.807, 2.05) is 0 Å². The molecule has 0 aliphatic heterocycles. The van der Waals surface area contributed by atoms with Gasteiger partial charge in [-0.1, -0.05) is 0 Å². The zero-order chi connectivity index (χ0) is 7.98. The molecule has 1 N–H and O–H groups in total. The highest BCUT2D eigenvalue weighted by molar-refractivity contribution is 6.28. The topological polar surface area (TPSA) is 55.8 Å². The number of hydrogen-bond acceptors (Lipinski definition) is 3. The van der Waals surface area contributed by atoms with Gasteiger partial charge in [0.15, 0.2) is 0 Å². The standard InChI is InChI=1S/C5H7ClO4/c1-2-9-3-4(6)10-5(7)8/h3H,2H2,1H3,(H,7,8)/b4-3+. The third-order valence-electron chi connectivity index (χ3n) is 0.527. The summed E-state index contributed by atoms with van der Waals surface area (Å²) in [4.78, 5) is 9.77. The van der Waals surface area contributed by atoms with Gasteiger partial charge in [-0.3, -0.25) is 0 Å². The highest BCUT2D eigenvalue weighted by atomic mass is 35.5. The summed E-state index contributed by atoms with van der Waals surface area (Å²) in [6.07, 6.45) is -0.434. The second kappa shape index (κ2) is 4.93. The highest BCUT2D eigenvalue weighted by Gasteiger charge is 1.99. The van der Waals surface area contributed by atoms with Crippen molar-refractivity contribution in [2.24, 2.45) is 0 Å². The van der Waals surface area contributed by atoms with Gasteiger partial charge >= 0.3 is 6.16 Å². The number of halogens is 1. The number of carboxylic acid groups (broad SMARTS) is 1. The summed E-state index contributed by atoms with van der Waals surface area (Å²) in [6, 6.07) is 0. The van der Waals surface area contributed by atoms with Gasteiger partial charge in [0.05, 0.1) is 6.61 Å². The minimum absolute atomic E-state index is 0.297. The van der Waals surface area contributed by atoms with Gasteiger partial charge in [0.1, 0.15) is 6.26 Å². The Balaban J connectivity index is 3.59. The van der Waals surface area contributed by atoms with Crippen LogP contribution in [0.25, 0.3) is 0 Å². The van der Waals surface area contributed by atoms with Crippen LogP contribution in [0.2, 0.25) is 0 Å². The normalized spacial score (nSPS) is 10.8. The van der Waals surface area contributed by atoms with Gasteiger partial charge in [-0.15, -0.1) is 0 Å². The van der Waals surface area contributed by atoms with E-state index in [1.54, 1.807) is 6.92 Å². The van der Waals surface area contributed by atoms with Crippen LogP contribution in [0.1, 0.15) is 6.92 Å². The molecular formula is C5H7ClO4. The minimum atomic E-state index is -1.46. The average molecular weight is 167 g/mol. The number of rotatable bonds is 3. The number of hydrogen-bond donors (Lipinski definition) is 1. The van der Waals surface area contributed by atoms with Crippen LogP contribution in [0.15, 0.2) is 11.5 Å². The van der Waals surface area contributed by atoms with Crippen LogP contribution in [-0.4, -0.2) is 17.9 Å². The minimum Gasteiger partial charge on any atom is -0.497 e. The third-order valence-corrected chi connectivity index (χ3v) is 0.694. The third kappa shape index (κ3) is 5.24. The highest BCUT2D eigenvalue weighted by Crippen LogP contribution is 2.02. The van der Waals surface area contributed by atoms with Crippen molar-refractivity contribution in [1.29, 1.82) is 0 Å². The van der Waals surface area contributed by atoms with Crippen molar-refractivity contribution in [2.75, 3.05) is 6.61 Å². The molecule has 0 unspecified atom stereocenters. The molecule has 0 saturated carbocycles. The molecule has 4 nitrogen and oxygen atoms in total. The van der Waals surface area contributed by atoms with Gasteiger partial charge in [0.2, 0.25) is 5.22 Å². The van der Waals surface area contributed by atoms with Crippen LogP contribution < -0.4 is 0 Å². The second-order valence-electron chi connectivity index (χ2n) is 1.25. The fourth-order valence-corrected chi connectivity index (χ4v) is 0.385. The maximum atomic E-state index is 9.77. The summed E-state index contributed by atoms with van der Waals surface area (Å²) in [5.41, 5.74) is 0. The SMILES string of the molecule is CCO/C=C(\Cl)OC(=O)O. The maximum absolute atomic E-state index is 9.77. The van der Waals surface area contributed by atoms with E-state index in [9.17, 15) is 4.79 Å². The van der Waals surface area contributed by atoms with Gasteiger partial charge in [0.25, 0.3) is 0 Å². The molecule has 0 bridgehead atoms. The molecule has 0 aromatic carbocycles.